The molecule has 1 spiro atoms. The first-order valence-electron chi connectivity index (χ1n) is 10.4. The molecule has 1 atom stereocenters. The maximum atomic E-state index is 13.6. The van der Waals surface area contributed by atoms with Crippen molar-refractivity contribution in [3.63, 3.8) is 0 Å². The van der Waals surface area contributed by atoms with Gasteiger partial charge in [0.1, 0.15) is 0 Å². The Hall–Kier alpha value is -4.29. The molecule has 4 amide bonds. The highest BCUT2D eigenvalue weighted by atomic mass is 16.5. The highest BCUT2D eigenvalue weighted by Crippen LogP contribution is 2.52. The number of likely N-dealkylation sites (N-methyl/N-ethyl adjacent to an activating group) is 2. The van der Waals surface area contributed by atoms with Gasteiger partial charge in [-0.1, -0.05) is 0 Å². The van der Waals surface area contributed by atoms with Crippen LogP contribution in [0.3, 0.4) is 0 Å². The van der Waals surface area contributed by atoms with Crippen LogP contribution in [0.2, 0.25) is 0 Å². The van der Waals surface area contributed by atoms with Gasteiger partial charge in [0.2, 0.25) is 11.6 Å². The van der Waals surface area contributed by atoms with Gasteiger partial charge in [0.05, 0.1) is 32.8 Å². The largest absolute Gasteiger partial charge is 0.493 e. The highest BCUT2D eigenvalue weighted by molar-refractivity contribution is 6.22. The van der Waals surface area contributed by atoms with Gasteiger partial charge in [-0.25, -0.2) is 9.59 Å². The number of fused-ring (bicyclic) bond motifs is 1. The van der Waals surface area contributed by atoms with E-state index in [1.54, 1.807) is 0 Å². The van der Waals surface area contributed by atoms with Crippen molar-refractivity contribution < 1.29 is 33.3 Å². The molecule has 1 fully saturated rings. The summed E-state index contributed by atoms with van der Waals surface area (Å²) in [7, 11) is 9.20. The van der Waals surface area contributed by atoms with Crippen LogP contribution in [0.15, 0.2) is 21.7 Å². The lowest BCUT2D eigenvalue weighted by Crippen LogP contribution is -2.70. The van der Waals surface area contributed by atoms with Gasteiger partial charge >= 0.3 is 11.7 Å². The van der Waals surface area contributed by atoms with Crippen LogP contribution in [-0.2, 0) is 23.7 Å². The van der Waals surface area contributed by atoms with E-state index < -0.39 is 40.6 Å². The smallest absolute Gasteiger partial charge is 0.333 e. The van der Waals surface area contributed by atoms with Gasteiger partial charge in [0.25, 0.3) is 23.0 Å². The molecule has 186 valence electrons. The molecule has 2 aliphatic heterocycles. The van der Waals surface area contributed by atoms with E-state index in [0.717, 1.165) is 18.9 Å². The Labute approximate surface area is 198 Å². The van der Waals surface area contributed by atoms with Crippen LogP contribution in [0.1, 0.15) is 17.0 Å². The topological polar surface area (TPSA) is 139 Å². The fraction of sp³-hybridized carbons (Fsp3) is 0.409. The number of ether oxygens (including phenoxy) is 4. The van der Waals surface area contributed by atoms with Gasteiger partial charge in [-0.15, -0.1) is 0 Å². The number of amides is 4. The number of nitrogens with zero attached hydrogens (tertiary/aromatic N) is 4. The third kappa shape index (κ3) is 2.90. The van der Waals surface area contributed by atoms with Crippen LogP contribution in [0.25, 0.3) is 0 Å². The molecule has 13 heteroatoms. The molecule has 13 nitrogen and oxygen atoms in total. The number of imide groups is 2. The van der Waals surface area contributed by atoms with Crippen molar-refractivity contribution in [1.29, 1.82) is 0 Å². The molecular weight excluding hydrogens is 464 g/mol. The molecule has 3 heterocycles. The zero-order valence-corrected chi connectivity index (χ0v) is 20.2. The lowest BCUT2D eigenvalue weighted by atomic mass is 9.76. The Balaban J connectivity index is 2.16. The monoisotopic (exact) mass is 488 g/mol. The lowest BCUT2D eigenvalue weighted by Gasteiger charge is -2.41. The van der Waals surface area contributed by atoms with Gasteiger partial charge in [0, 0.05) is 28.2 Å². The molecule has 35 heavy (non-hydrogen) atoms. The predicted molar refractivity (Wildman–Crippen MR) is 119 cm³/mol. The first kappa shape index (κ1) is 23.9. The molecule has 4 rings (SSSR count). The summed E-state index contributed by atoms with van der Waals surface area (Å²) in [5.74, 6) is -2.97. The van der Waals surface area contributed by atoms with Crippen LogP contribution in [-0.4, -0.2) is 77.8 Å². The predicted octanol–water partition coefficient (Wildman–Crippen LogP) is -0.577. The van der Waals surface area contributed by atoms with Crippen molar-refractivity contribution in [1.82, 2.24) is 18.9 Å². The first-order valence-corrected chi connectivity index (χ1v) is 10.4. The van der Waals surface area contributed by atoms with Crippen molar-refractivity contribution >= 4 is 17.8 Å². The van der Waals surface area contributed by atoms with Crippen molar-refractivity contribution in [3.05, 3.63) is 44.1 Å². The fourth-order valence-corrected chi connectivity index (χ4v) is 4.63. The Morgan fingerprint density at radius 2 is 1.31 bits per heavy atom. The number of carbonyl (C=O) groups is 3. The number of hydrogen-bond donors (Lipinski definition) is 0. The van der Waals surface area contributed by atoms with Crippen molar-refractivity contribution in [2.75, 3.05) is 35.4 Å². The van der Waals surface area contributed by atoms with E-state index in [2.05, 4.69) is 0 Å². The average molecular weight is 488 g/mol. The summed E-state index contributed by atoms with van der Waals surface area (Å²) in [4.78, 5) is 67.3. The summed E-state index contributed by atoms with van der Waals surface area (Å²) in [6.07, 6.45) is 0. The SMILES string of the molecule is COc1cc(C2c3c(n(C)c(=O)n(C)c3=O)OC23C(=O)N(C)C(=O)N(C)C3=O)cc(OC)c1OC. The van der Waals surface area contributed by atoms with E-state index in [4.69, 9.17) is 18.9 Å². The van der Waals surface area contributed by atoms with Crippen molar-refractivity contribution in [2.24, 2.45) is 14.1 Å². The Kier molecular flexibility index (Phi) is 5.38. The molecule has 1 aromatic carbocycles. The van der Waals surface area contributed by atoms with Gasteiger partial charge in [-0.05, 0) is 17.7 Å². The number of methoxy groups -OCH3 is 3. The van der Waals surface area contributed by atoms with E-state index in [1.807, 2.05) is 0 Å². The average Bonchev–Trinajstić information content (AvgIpc) is 3.23. The van der Waals surface area contributed by atoms with Crippen LogP contribution in [0.5, 0.6) is 23.1 Å². The maximum Gasteiger partial charge on any atom is 0.333 e. The van der Waals surface area contributed by atoms with E-state index in [9.17, 15) is 24.0 Å². The highest BCUT2D eigenvalue weighted by Gasteiger charge is 2.68. The summed E-state index contributed by atoms with van der Waals surface area (Å²) < 4.78 is 24.1. The molecule has 1 aromatic heterocycles. The zero-order chi connectivity index (χ0) is 26.0. The van der Waals surface area contributed by atoms with E-state index >= 15 is 0 Å². The minimum atomic E-state index is -2.39. The second-order valence-electron chi connectivity index (χ2n) is 8.16. The van der Waals surface area contributed by atoms with Gasteiger partial charge in [-0.3, -0.25) is 33.3 Å². The minimum absolute atomic E-state index is 0.110. The third-order valence-corrected chi connectivity index (χ3v) is 6.44. The van der Waals surface area contributed by atoms with E-state index in [-0.39, 0.29) is 34.3 Å². The van der Waals surface area contributed by atoms with Crippen LogP contribution < -0.4 is 30.2 Å². The molecular formula is C22H24N4O9. The number of barbiturate groups is 1. The summed E-state index contributed by atoms with van der Waals surface area (Å²) in [6, 6.07) is 2.09. The molecule has 0 N–H and O–H groups in total. The first-order chi connectivity index (χ1) is 16.5. The Morgan fingerprint density at radius 3 is 1.77 bits per heavy atom. The second-order valence-corrected chi connectivity index (χ2v) is 8.16. The third-order valence-electron chi connectivity index (χ3n) is 6.44. The maximum absolute atomic E-state index is 13.6. The second kappa shape index (κ2) is 7.89. The van der Waals surface area contributed by atoms with Crippen LogP contribution in [0.4, 0.5) is 4.79 Å². The summed E-state index contributed by atoms with van der Waals surface area (Å²) in [6.45, 7) is 0. The zero-order valence-electron chi connectivity index (χ0n) is 20.2. The lowest BCUT2D eigenvalue weighted by molar-refractivity contribution is -0.164. The van der Waals surface area contributed by atoms with Crippen LogP contribution in [0, 0.1) is 0 Å². The van der Waals surface area contributed by atoms with E-state index in [1.165, 1.54) is 61.7 Å². The molecule has 0 radical (unpaired) electrons. The van der Waals surface area contributed by atoms with Crippen LogP contribution >= 0.6 is 0 Å². The summed E-state index contributed by atoms with van der Waals surface area (Å²) in [5, 5.41) is 0. The quantitative estimate of drug-likeness (QED) is 0.518. The van der Waals surface area contributed by atoms with Gasteiger partial charge in [0.15, 0.2) is 11.5 Å². The number of aromatic nitrogens is 2. The molecule has 0 bridgehead atoms. The number of benzene rings is 1. The van der Waals surface area contributed by atoms with Crippen molar-refractivity contribution in [3.8, 4) is 23.1 Å². The summed E-state index contributed by atoms with van der Waals surface area (Å²) >= 11 is 0. The number of rotatable bonds is 4. The normalized spacial score (nSPS) is 18.6. The number of hydrogen-bond acceptors (Lipinski definition) is 9. The molecule has 1 unspecified atom stereocenters. The Bertz CT molecular complexity index is 1360. The van der Waals surface area contributed by atoms with Crippen molar-refractivity contribution in [2.45, 2.75) is 11.5 Å². The minimum Gasteiger partial charge on any atom is -0.493 e. The van der Waals surface area contributed by atoms with Gasteiger partial charge in [-0.2, -0.15) is 0 Å². The molecule has 0 saturated carbocycles. The number of urea groups is 1. The molecule has 2 aliphatic rings. The van der Waals surface area contributed by atoms with Gasteiger partial charge < -0.3 is 18.9 Å². The fourth-order valence-electron chi connectivity index (χ4n) is 4.63. The standard InChI is InChI=1S/C22H24N4O9/c1-23-16(27)13-14(10-8-11(32-5)15(34-7)12(9-10)33-6)22(35-17(13)24(2)20(23)30)18(28)25(3)21(31)26(4)19(22)29/h8-9,14H,1-7H3. The Morgan fingerprint density at radius 1 is 0.800 bits per heavy atom. The molecule has 1 saturated heterocycles. The molecule has 0 aliphatic carbocycles. The van der Waals surface area contributed by atoms with E-state index in [0.29, 0.717) is 0 Å². The molecule has 2 aromatic rings. The summed E-state index contributed by atoms with van der Waals surface area (Å²) in [5.41, 5.74) is -3.75. The number of carbonyl (C=O) groups excluding carboxylic acids is 3.